The molecular formula is C15H19N3O3. The second kappa shape index (κ2) is 5.73. The SMILES string of the molecule is COc1cc2c(cc1CNCc1noc(C)n1)OC(C)C2. The molecule has 6 heteroatoms. The van der Waals surface area contributed by atoms with Crippen LogP contribution in [0.1, 0.15) is 29.8 Å². The molecule has 0 fully saturated rings. The average molecular weight is 289 g/mol. The standard InChI is InChI=1S/C15H19N3O3/c1-9-4-11-5-13(19-3)12(6-14(11)20-9)7-16-8-15-17-10(2)21-18-15/h5-6,9,16H,4,7-8H2,1-3H3. The molecule has 1 unspecified atom stereocenters. The van der Waals surface area contributed by atoms with E-state index < -0.39 is 0 Å². The summed E-state index contributed by atoms with van der Waals surface area (Å²) in [6, 6.07) is 4.11. The third kappa shape index (κ3) is 3.00. The van der Waals surface area contributed by atoms with E-state index in [1.54, 1.807) is 14.0 Å². The van der Waals surface area contributed by atoms with Gasteiger partial charge in [0.2, 0.25) is 5.89 Å². The summed E-state index contributed by atoms with van der Waals surface area (Å²) in [6.45, 7) is 5.05. The molecular weight excluding hydrogens is 270 g/mol. The highest BCUT2D eigenvalue weighted by Crippen LogP contribution is 2.34. The normalized spacial score (nSPS) is 16.6. The summed E-state index contributed by atoms with van der Waals surface area (Å²) in [5.74, 6) is 3.06. The molecule has 0 bridgehead atoms. The Balaban J connectivity index is 1.68. The predicted octanol–water partition coefficient (Wildman–Crippen LogP) is 2.00. The number of aryl methyl sites for hydroxylation is 1. The molecule has 2 aromatic rings. The second-order valence-corrected chi connectivity index (χ2v) is 5.24. The Morgan fingerprint density at radius 2 is 2.24 bits per heavy atom. The van der Waals surface area contributed by atoms with Crippen molar-refractivity contribution in [2.75, 3.05) is 7.11 Å². The Morgan fingerprint density at radius 1 is 1.38 bits per heavy atom. The predicted molar refractivity (Wildman–Crippen MR) is 76.4 cm³/mol. The van der Waals surface area contributed by atoms with Crippen LogP contribution in [0.2, 0.25) is 0 Å². The van der Waals surface area contributed by atoms with Gasteiger partial charge in [0.15, 0.2) is 5.82 Å². The Morgan fingerprint density at radius 3 is 2.95 bits per heavy atom. The van der Waals surface area contributed by atoms with Crippen LogP contribution in [0.3, 0.4) is 0 Å². The summed E-state index contributed by atoms with van der Waals surface area (Å²) in [5, 5.41) is 7.14. The number of benzene rings is 1. The zero-order valence-electron chi connectivity index (χ0n) is 12.5. The van der Waals surface area contributed by atoms with Crippen molar-refractivity contribution >= 4 is 0 Å². The van der Waals surface area contributed by atoms with Crippen molar-refractivity contribution in [1.82, 2.24) is 15.5 Å². The van der Waals surface area contributed by atoms with Gasteiger partial charge in [-0.15, -0.1) is 0 Å². The number of nitrogens with one attached hydrogen (secondary N) is 1. The van der Waals surface area contributed by atoms with Gasteiger partial charge in [-0.3, -0.25) is 0 Å². The van der Waals surface area contributed by atoms with E-state index in [0.29, 0.717) is 24.8 Å². The fraction of sp³-hybridized carbons (Fsp3) is 0.467. The van der Waals surface area contributed by atoms with Crippen molar-refractivity contribution in [1.29, 1.82) is 0 Å². The van der Waals surface area contributed by atoms with Crippen LogP contribution in [0.5, 0.6) is 11.5 Å². The minimum absolute atomic E-state index is 0.232. The number of rotatable bonds is 5. The lowest BCUT2D eigenvalue weighted by molar-refractivity contribution is 0.254. The summed E-state index contributed by atoms with van der Waals surface area (Å²) in [6.07, 6.45) is 1.16. The minimum atomic E-state index is 0.232. The molecule has 3 rings (SSSR count). The van der Waals surface area contributed by atoms with Crippen LogP contribution in [-0.2, 0) is 19.5 Å². The first-order valence-electron chi connectivity index (χ1n) is 7.02. The van der Waals surface area contributed by atoms with Gasteiger partial charge in [0.05, 0.1) is 13.7 Å². The maximum absolute atomic E-state index is 5.79. The van der Waals surface area contributed by atoms with E-state index in [1.165, 1.54) is 5.56 Å². The van der Waals surface area contributed by atoms with E-state index in [2.05, 4.69) is 28.4 Å². The van der Waals surface area contributed by atoms with E-state index in [-0.39, 0.29) is 6.10 Å². The number of hydrogen-bond donors (Lipinski definition) is 1. The smallest absolute Gasteiger partial charge is 0.223 e. The third-order valence-electron chi connectivity index (χ3n) is 3.47. The lowest BCUT2D eigenvalue weighted by atomic mass is 10.1. The van der Waals surface area contributed by atoms with Crippen LogP contribution in [-0.4, -0.2) is 23.4 Å². The highest BCUT2D eigenvalue weighted by atomic mass is 16.5. The molecule has 6 nitrogen and oxygen atoms in total. The zero-order valence-corrected chi connectivity index (χ0v) is 12.5. The number of fused-ring (bicyclic) bond motifs is 1. The van der Waals surface area contributed by atoms with Crippen LogP contribution in [0.4, 0.5) is 0 Å². The van der Waals surface area contributed by atoms with E-state index in [9.17, 15) is 0 Å². The lowest BCUT2D eigenvalue weighted by Crippen LogP contribution is -2.14. The van der Waals surface area contributed by atoms with Gasteiger partial charge in [0, 0.05) is 31.0 Å². The van der Waals surface area contributed by atoms with Crippen molar-refractivity contribution in [3.8, 4) is 11.5 Å². The maximum Gasteiger partial charge on any atom is 0.223 e. The number of aromatic nitrogens is 2. The van der Waals surface area contributed by atoms with Gasteiger partial charge in [0.1, 0.15) is 17.6 Å². The van der Waals surface area contributed by atoms with Crippen molar-refractivity contribution in [2.45, 2.75) is 39.5 Å². The molecule has 0 radical (unpaired) electrons. The molecule has 21 heavy (non-hydrogen) atoms. The molecule has 1 N–H and O–H groups in total. The minimum Gasteiger partial charge on any atom is -0.496 e. The molecule has 0 saturated heterocycles. The van der Waals surface area contributed by atoms with Crippen molar-refractivity contribution < 1.29 is 14.0 Å². The van der Waals surface area contributed by atoms with Gasteiger partial charge in [0.25, 0.3) is 0 Å². The second-order valence-electron chi connectivity index (χ2n) is 5.24. The van der Waals surface area contributed by atoms with Crippen LogP contribution >= 0.6 is 0 Å². The summed E-state index contributed by atoms with van der Waals surface area (Å²) < 4.78 is 16.2. The Labute approximate surface area is 123 Å². The maximum atomic E-state index is 5.79. The Bertz CT molecular complexity index is 639. The van der Waals surface area contributed by atoms with Gasteiger partial charge in [-0.2, -0.15) is 4.98 Å². The molecule has 0 amide bonds. The molecule has 2 heterocycles. The van der Waals surface area contributed by atoms with E-state index in [0.717, 1.165) is 23.5 Å². The van der Waals surface area contributed by atoms with Crippen molar-refractivity contribution in [2.24, 2.45) is 0 Å². The molecule has 0 aliphatic carbocycles. The van der Waals surface area contributed by atoms with Crippen LogP contribution in [0.25, 0.3) is 0 Å². The van der Waals surface area contributed by atoms with E-state index >= 15 is 0 Å². The first-order chi connectivity index (χ1) is 10.2. The van der Waals surface area contributed by atoms with Gasteiger partial charge in [-0.05, 0) is 19.1 Å². The number of hydrogen-bond acceptors (Lipinski definition) is 6. The molecule has 1 atom stereocenters. The van der Waals surface area contributed by atoms with Gasteiger partial charge in [-0.1, -0.05) is 5.16 Å². The average Bonchev–Trinajstić information content (AvgIpc) is 3.02. The first-order valence-corrected chi connectivity index (χ1v) is 7.02. The fourth-order valence-corrected chi connectivity index (χ4v) is 2.53. The monoisotopic (exact) mass is 289 g/mol. The van der Waals surface area contributed by atoms with Gasteiger partial charge < -0.3 is 19.3 Å². The van der Waals surface area contributed by atoms with Crippen LogP contribution in [0.15, 0.2) is 16.7 Å². The lowest BCUT2D eigenvalue weighted by Gasteiger charge is -2.11. The fourth-order valence-electron chi connectivity index (χ4n) is 2.53. The largest absolute Gasteiger partial charge is 0.496 e. The van der Waals surface area contributed by atoms with E-state index in [4.69, 9.17) is 14.0 Å². The summed E-state index contributed by atoms with van der Waals surface area (Å²) >= 11 is 0. The first kappa shape index (κ1) is 13.9. The zero-order chi connectivity index (χ0) is 14.8. The summed E-state index contributed by atoms with van der Waals surface area (Å²) in [5.41, 5.74) is 2.27. The molecule has 1 aliphatic heterocycles. The summed E-state index contributed by atoms with van der Waals surface area (Å²) in [7, 11) is 1.69. The molecule has 1 aliphatic rings. The quantitative estimate of drug-likeness (QED) is 0.908. The Hall–Kier alpha value is -2.08. The molecule has 1 aromatic heterocycles. The molecule has 1 aromatic carbocycles. The number of nitrogens with zero attached hydrogens (tertiary/aromatic N) is 2. The van der Waals surface area contributed by atoms with Crippen molar-refractivity contribution in [3.05, 3.63) is 35.0 Å². The van der Waals surface area contributed by atoms with Crippen molar-refractivity contribution in [3.63, 3.8) is 0 Å². The summed E-state index contributed by atoms with van der Waals surface area (Å²) in [4.78, 5) is 4.16. The number of ether oxygens (including phenoxy) is 2. The molecule has 0 saturated carbocycles. The van der Waals surface area contributed by atoms with Crippen LogP contribution < -0.4 is 14.8 Å². The Kier molecular flexibility index (Phi) is 3.79. The highest BCUT2D eigenvalue weighted by Gasteiger charge is 2.21. The van der Waals surface area contributed by atoms with Gasteiger partial charge >= 0.3 is 0 Å². The van der Waals surface area contributed by atoms with Gasteiger partial charge in [-0.25, -0.2) is 0 Å². The molecule has 112 valence electrons. The number of methoxy groups -OCH3 is 1. The van der Waals surface area contributed by atoms with E-state index in [1.807, 2.05) is 6.07 Å². The topological polar surface area (TPSA) is 69.4 Å². The van der Waals surface area contributed by atoms with Crippen LogP contribution in [0, 0.1) is 6.92 Å². The highest BCUT2D eigenvalue weighted by molar-refractivity contribution is 5.48. The third-order valence-corrected chi connectivity index (χ3v) is 3.47. The molecule has 0 spiro atoms.